The number of aromatic amines is 1. The van der Waals surface area contributed by atoms with E-state index in [-0.39, 0.29) is 18.0 Å². The third kappa shape index (κ3) is 2.73. The van der Waals surface area contributed by atoms with Gasteiger partial charge in [-0.25, -0.2) is 9.89 Å². The lowest BCUT2D eigenvalue weighted by molar-refractivity contribution is -0.387. The summed E-state index contributed by atoms with van der Waals surface area (Å²) in [5.74, 6) is 0. The topological polar surface area (TPSA) is 114 Å². The minimum atomic E-state index is -0.525. The standard InChI is InChI=1S/C11H12N4O4S/c1-2-14-10(17)12-13-11(14)20-9-4-3-7(6-16)5-8(9)15(18)19/h3-5,16H,2,6H2,1H3,(H,12,17). The second kappa shape index (κ2) is 5.88. The van der Waals surface area contributed by atoms with E-state index in [2.05, 4.69) is 10.2 Å². The predicted octanol–water partition coefficient (Wildman–Crippen LogP) is 1.14. The average molecular weight is 296 g/mol. The van der Waals surface area contributed by atoms with E-state index >= 15 is 0 Å². The Morgan fingerprint density at radius 3 is 2.90 bits per heavy atom. The first-order valence-electron chi connectivity index (χ1n) is 5.78. The van der Waals surface area contributed by atoms with Gasteiger partial charge in [0.1, 0.15) is 0 Å². The fourth-order valence-electron chi connectivity index (χ4n) is 1.65. The molecule has 0 bridgehead atoms. The number of rotatable bonds is 5. The molecule has 0 aliphatic rings. The van der Waals surface area contributed by atoms with Crippen LogP contribution < -0.4 is 5.69 Å². The molecule has 0 aliphatic heterocycles. The van der Waals surface area contributed by atoms with Gasteiger partial charge in [0.25, 0.3) is 5.69 Å². The Hall–Kier alpha value is -2.13. The number of nitrogens with zero attached hydrogens (tertiary/aromatic N) is 3. The van der Waals surface area contributed by atoms with Crippen molar-refractivity contribution >= 4 is 17.4 Å². The molecule has 0 fully saturated rings. The molecular weight excluding hydrogens is 284 g/mol. The molecule has 0 amide bonds. The van der Waals surface area contributed by atoms with E-state index in [1.54, 1.807) is 13.0 Å². The summed E-state index contributed by atoms with van der Waals surface area (Å²) in [7, 11) is 0. The van der Waals surface area contributed by atoms with Crippen molar-refractivity contribution in [3.8, 4) is 0 Å². The van der Waals surface area contributed by atoms with Crippen LogP contribution in [-0.4, -0.2) is 24.8 Å². The summed E-state index contributed by atoms with van der Waals surface area (Å²) in [4.78, 5) is 22.3. The molecule has 9 heteroatoms. The van der Waals surface area contributed by atoms with Crippen molar-refractivity contribution in [2.24, 2.45) is 0 Å². The van der Waals surface area contributed by atoms with Crippen LogP contribution in [0.4, 0.5) is 5.69 Å². The molecule has 1 aromatic carbocycles. The summed E-state index contributed by atoms with van der Waals surface area (Å²) in [5, 5.41) is 26.6. The Morgan fingerprint density at radius 2 is 2.30 bits per heavy atom. The van der Waals surface area contributed by atoms with Crippen LogP contribution in [0.2, 0.25) is 0 Å². The monoisotopic (exact) mass is 296 g/mol. The lowest BCUT2D eigenvalue weighted by atomic mass is 10.2. The zero-order valence-corrected chi connectivity index (χ0v) is 11.4. The summed E-state index contributed by atoms with van der Waals surface area (Å²) in [6.07, 6.45) is 0. The highest BCUT2D eigenvalue weighted by Crippen LogP contribution is 2.33. The van der Waals surface area contributed by atoms with Gasteiger partial charge in [0, 0.05) is 12.6 Å². The first kappa shape index (κ1) is 14.3. The van der Waals surface area contributed by atoms with Crippen LogP contribution in [0.1, 0.15) is 12.5 Å². The lowest BCUT2D eigenvalue weighted by Crippen LogP contribution is -2.16. The van der Waals surface area contributed by atoms with Crippen molar-refractivity contribution in [1.29, 1.82) is 0 Å². The number of H-pyrrole nitrogens is 1. The van der Waals surface area contributed by atoms with Crippen molar-refractivity contribution in [2.75, 3.05) is 0 Å². The third-order valence-electron chi connectivity index (χ3n) is 2.64. The number of nitro groups is 1. The van der Waals surface area contributed by atoms with Gasteiger partial charge in [-0.05, 0) is 30.3 Å². The second-order valence-electron chi connectivity index (χ2n) is 3.87. The van der Waals surface area contributed by atoms with Crippen molar-refractivity contribution in [3.05, 3.63) is 44.4 Å². The van der Waals surface area contributed by atoms with Crippen molar-refractivity contribution < 1.29 is 10.0 Å². The summed E-state index contributed by atoms with van der Waals surface area (Å²) >= 11 is 1.03. The lowest BCUT2D eigenvalue weighted by Gasteiger charge is -2.04. The molecular formula is C11H12N4O4S. The molecule has 0 saturated heterocycles. The summed E-state index contributed by atoms with van der Waals surface area (Å²) in [6.45, 7) is 1.93. The maximum Gasteiger partial charge on any atom is 0.343 e. The molecule has 0 spiro atoms. The van der Waals surface area contributed by atoms with E-state index < -0.39 is 4.92 Å². The smallest absolute Gasteiger partial charge is 0.343 e. The number of benzene rings is 1. The van der Waals surface area contributed by atoms with Crippen LogP contribution in [0.5, 0.6) is 0 Å². The highest BCUT2D eigenvalue weighted by molar-refractivity contribution is 7.99. The molecule has 2 rings (SSSR count). The van der Waals surface area contributed by atoms with Gasteiger partial charge in [-0.3, -0.25) is 14.7 Å². The number of aliphatic hydroxyl groups excluding tert-OH is 1. The van der Waals surface area contributed by atoms with Crippen molar-refractivity contribution in [3.63, 3.8) is 0 Å². The van der Waals surface area contributed by atoms with Crippen LogP contribution in [0.25, 0.3) is 0 Å². The minimum absolute atomic E-state index is 0.125. The van der Waals surface area contributed by atoms with Gasteiger partial charge in [0.05, 0.1) is 16.4 Å². The number of nitro benzene ring substituents is 1. The number of hydrogen-bond acceptors (Lipinski definition) is 6. The first-order valence-corrected chi connectivity index (χ1v) is 6.59. The molecule has 8 nitrogen and oxygen atoms in total. The molecule has 106 valence electrons. The number of hydrogen-bond donors (Lipinski definition) is 2. The van der Waals surface area contributed by atoms with Gasteiger partial charge in [0.2, 0.25) is 0 Å². The Labute approximate surface area is 117 Å². The van der Waals surface area contributed by atoms with Crippen LogP contribution in [0.15, 0.2) is 33.0 Å². The van der Waals surface area contributed by atoms with E-state index in [0.29, 0.717) is 22.2 Å². The van der Waals surface area contributed by atoms with E-state index in [0.717, 1.165) is 11.8 Å². The maximum atomic E-state index is 11.4. The largest absolute Gasteiger partial charge is 0.392 e. The Balaban J connectivity index is 2.42. The molecule has 1 aromatic heterocycles. The zero-order chi connectivity index (χ0) is 14.7. The van der Waals surface area contributed by atoms with Gasteiger partial charge < -0.3 is 5.11 Å². The van der Waals surface area contributed by atoms with E-state index in [1.165, 1.54) is 16.7 Å². The zero-order valence-electron chi connectivity index (χ0n) is 10.6. The Morgan fingerprint density at radius 1 is 1.55 bits per heavy atom. The fraction of sp³-hybridized carbons (Fsp3) is 0.273. The van der Waals surface area contributed by atoms with Crippen LogP contribution in [-0.2, 0) is 13.2 Å². The fourth-order valence-corrected chi connectivity index (χ4v) is 2.63. The van der Waals surface area contributed by atoms with E-state index in [4.69, 9.17) is 5.11 Å². The van der Waals surface area contributed by atoms with Crippen molar-refractivity contribution in [2.45, 2.75) is 30.1 Å². The van der Waals surface area contributed by atoms with Crippen molar-refractivity contribution in [1.82, 2.24) is 14.8 Å². The van der Waals surface area contributed by atoms with Gasteiger partial charge in [0.15, 0.2) is 5.16 Å². The van der Waals surface area contributed by atoms with Gasteiger partial charge in [-0.2, -0.15) is 0 Å². The second-order valence-corrected chi connectivity index (χ2v) is 4.88. The highest BCUT2D eigenvalue weighted by Gasteiger charge is 2.18. The molecule has 0 unspecified atom stereocenters. The number of aliphatic hydroxyl groups is 1. The SMILES string of the molecule is CCn1c(Sc2ccc(CO)cc2[N+](=O)[O-])n[nH]c1=O. The Bertz CT molecular complexity index is 694. The number of nitrogens with one attached hydrogen (secondary N) is 1. The summed E-state index contributed by atoms with van der Waals surface area (Å²) < 4.78 is 1.38. The third-order valence-corrected chi connectivity index (χ3v) is 3.70. The molecule has 0 atom stereocenters. The predicted molar refractivity (Wildman–Crippen MR) is 71.7 cm³/mol. The van der Waals surface area contributed by atoms with E-state index in [1.807, 2.05) is 0 Å². The molecule has 0 radical (unpaired) electrons. The van der Waals surface area contributed by atoms with Gasteiger partial charge in [-0.15, -0.1) is 5.10 Å². The summed E-state index contributed by atoms with van der Waals surface area (Å²) in [5.41, 5.74) is -0.0276. The molecule has 2 aromatic rings. The molecule has 2 N–H and O–H groups in total. The molecule has 0 aliphatic carbocycles. The van der Waals surface area contributed by atoms with Crippen LogP contribution >= 0.6 is 11.8 Å². The normalized spacial score (nSPS) is 10.7. The summed E-state index contributed by atoms with van der Waals surface area (Å²) in [6, 6.07) is 4.44. The van der Waals surface area contributed by atoms with E-state index in [9.17, 15) is 14.9 Å². The molecule has 0 saturated carbocycles. The highest BCUT2D eigenvalue weighted by atomic mass is 32.2. The molecule has 1 heterocycles. The average Bonchev–Trinajstić information content (AvgIpc) is 2.79. The minimum Gasteiger partial charge on any atom is -0.392 e. The van der Waals surface area contributed by atoms with Gasteiger partial charge in [-0.1, -0.05) is 6.07 Å². The Kier molecular flexibility index (Phi) is 4.20. The quantitative estimate of drug-likeness (QED) is 0.631. The van der Waals surface area contributed by atoms with Crippen LogP contribution in [0, 0.1) is 10.1 Å². The van der Waals surface area contributed by atoms with Crippen LogP contribution in [0.3, 0.4) is 0 Å². The number of aromatic nitrogens is 3. The maximum absolute atomic E-state index is 11.4. The molecule has 20 heavy (non-hydrogen) atoms. The van der Waals surface area contributed by atoms with Gasteiger partial charge >= 0.3 is 5.69 Å². The first-order chi connectivity index (χ1) is 9.56.